The van der Waals surface area contributed by atoms with Gasteiger partial charge in [0.2, 0.25) is 0 Å². The van der Waals surface area contributed by atoms with Gasteiger partial charge in [-0.05, 0) is 49.4 Å². The zero-order valence-corrected chi connectivity index (χ0v) is 13.9. The molecule has 0 aliphatic heterocycles. The quantitative estimate of drug-likeness (QED) is 0.756. The van der Waals surface area contributed by atoms with Gasteiger partial charge in [0.1, 0.15) is 11.6 Å². The van der Waals surface area contributed by atoms with E-state index in [2.05, 4.69) is 37.2 Å². The number of likely N-dealkylation sites (N-methyl/N-ethyl adjacent to an activating group) is 1. The minimum Gasteiger partial charge on any atom is -0.313 e. The third kappa shape index (κ3) is 3.45. The van der Waals surface area contributed by atoms with Crippen LogP contribution in [0.2, 0.25) is 0 Å². The van der Waals surface area contributed by atoms with E-state index in [9.17, 15) is 8.78 Å². The summed E-state index contributed by atoms with van der Waals surface area (Å²) >= 11 is 6.77. The van der Waals surface area contributed by atoms with Gasteiger partial charge in [-0.15, -0.1) is 0 Å². The molecule has 0 bridgehead atoms. The van der Waals surface area contributed by atoms with Gasteiger partial charge in [0, 0.05) is 20.6 Å². The number of rotatable bonds is 4. The average Bonchev–Trinajstić information content (AvgIpc) is 2.41. The molecule has 2 rings (SSSR count). The molecule has 106 valence electrons. The maximum atomic E-state index is 14.0. The average molecular weight is 405 g/mol. The highest BCUT2D eigenvalue weighted by molar-refractivity contribution is 9.10. The van der Waals surface area contributed by atoms with E-state index < -0.39 is 0 Å². The van der Waals surface area contributed by atoms with Crippen LogP contribution in [0.4, 0.5) is 8.78 Å². The van der Waals surface area contributed by atoms with Crippen LogP contribution >= 0.6 is 31.9 Å². The second-order valence-electron chi connectivity index (χ2n) is 4.42. The van der Waals surface area contributed by atoms with Gasteiger partial charge < -0.3 is 5.32 Å². The van der Waals surface area contributed by atoms with Crippen molar-refractivity contribution >= 4 is 31.9 Å². The molecule has 0 amide bonds. The van der Waals surface area contributed by atoms with Crippen molar-refractivity contribution in [2.24, 2.45) is 0 Å². The Morgan fingerprint density at radius 2 is 1.85 bits per heavy atom. The fourth-order valence-corrected chi connectivity index (χ4v) is 3.14. The molecule has 20 heavy (non-hydrogen) atoms. The number of halogens is 4. The van der Waals surface area contributed by atoms with Crippen LogP contribution in [0.1, 0.15) is 17.2 Å². The Balaban J connectivity index is 2.36. The predicted molar refractivity (Wildman–Crippen MR) is 83.7 cm³/mol. The lowest BCUT2D eigenvalue weighted by Gasteiger charge is -2.19. The summed E-state index contributed by atoms with van der Waals surface area (Å²) in [6, 6.07) is 9.13. The molecular weight excluding hydrogens is 392 g/mol. The SMILES string of the molecule is CNC(Cc1cc(F)ccc1Br)c1c(F)cccc1Br. The number of benzene rings is 2. The summed E-state index contributed by atoms with van der Waals surface area (Å²) in [5.74, 6) is -0.586. The van der Waals surface area contributed by atoms with E-state index >= 15 is 0 Å². The second-order valence-corrected chi connectivity index (χ2v) is 6.13. The molecule has 2 aromatic carbocycles. The Morgan fingerprint density at radius 1 is 1.10 bits per heavy atom. The molecule has 1 N–H and O–H groups in total. The van der Waals surface area contributed by atoms with Crippen molar-refractivity contribution in [3.05, 3.63) is 68.1 Å². The minimum absolute atomic E-state index is 0.247. The Kier molecular flexibility index (Phi) is 5.29. The Labute approximate surface area is 133 Å². The normalized spacial score (nSPS) is 12.4. The van der Waals surface area contributed by atoms with Gasteiger partial charge >= 0.3 is 0 Å². The van der Waals surface area contributed by atoms with Crippen LogP contribution < -0.4 is 5.32 Å². The lowest BCUT2D eigenvalue weighted by molar-refractivity contribution is 0.529. The monoisotopic (exact) mass is 403 g/mol. The Hall–Kier alpha value is -0.780. The Morgan fingerprint density at radius 3 is 2.50 bits per heavy atom. The largest absolute Gasteiger partial charge is 0.313 e. The highest BCUT2D eigenvalue weighted by atomic mass is 79.9. The van der Waals surface area contributed by atoms with Crippen LogP contribution in [0, 0.1) is 11.6 Å². The summed E-state index contributed by atoms with van der Waals surface area (Å²) < 4.78 is 28.9. The van der Waals surface area contributed by atoms with Crippen molar-refractivity contribution in [2.45, 2.75) is 12.5 Å². The molecule has 0 saturated heterocycles. The number of nitrogens with one attached hydrogen (secondary N) is 1. The first-order chi connectivity index (χ1) is 9.52. The van der Waals surface area contributed by atoms with Gasteiger partial charge in [-0.2, -0.15) is 0 Å². The van der Waals surface area contributed by atoms with Crippen molar-refractivity contribution in [2.75, 3.05) is 7.05 Å². The fraction of sp³-hybridized carbons (Fsp3) is 0.200. The first-order valence-corrected chi connectivity index (χ1v) is 7.66. The molecule has 1 nitrogen and oxygen atoms in total. The van der Waals surface area contributed by atoms with Crippen molar-refractivity contribution in [3.63, 3.8) is 0 Å². The van der Waals surface area contributed by atoms with E-state index in [1.807, 2.05) is 0 Å². The number of hydrogen-bond donors (Lipinski definition) is 1. The molecule has 0 spiro atoms. The number of hydrogen-bond acceptors (Lipinski definition) is 1. The van der Waals surface area contributed by atoms with Crippen molar-refractivity contribution in [1.82, 2.24) is 5.32 Å². The Bertz CT molecular complexity index is 597. The zero-order valence-electron chi connectivity index (χ0n) is 10.8. The smallest absolute Gasteiger partial charge is 0.129 e. The van der Waals surface area contributed by atoms with Gasteiger partial charge in [0.25, 0.3) is 0 Å². The van der Waals surface area contributed by atoms with E-state index in [-0.39, 0.29) is 17.7 Å². The summed E-state index contributed by atoms with van der Waals surface area (Å²) in [5, 5.41) is 3.08. The molecule has 0 radical (unpaired) electrons. The van der Waals surface area contributed by atoms with Crippen molar-refractivity contribution in [1.29, 1.82) is 0 Å². The maximum Gasteiger partial charge on any atom is 0.129 e. The van der Waals surface area contributed by atoms with E-state index in [4.69, 9.17) is 0 Å². The van der Waals surface area contributed by atoms with Gasteiger partial charge in [0.05, 0.1) is 0 Å². The summed E-state index contributed by atoms with van der Waals surface area (Å²) in [5.41, 5.74) is 1.34. The molecule has 1 unspecified atom stereocenters. The summed E-state index contributed by atoms with van der Waals surface area (Å²) in [4.78, 5) is 0. The lowest BCUT2D eigenvalue weighted by Crippen LogP contribution is -2.21. The van der Waals surface area contributed by atoms with Gasteiger partial charge in [-0.3, -0.25) is 0 Å². The van der Waals surface area contributed by atoms with E-state index in [0.717, 1.165) is 10.0 Å². The van der Waals surface area contributed by atoms with E-state index in [0.29, 0.717) is 16.5 Å². The molecule has 0 heterocycles. The predicted octanol–water partition coefficient (Wildman–Crippen LogP) is 4.99. The molecular formula is C15H13Br2F2N. The molecule has 2 aromatic rings. The molecule has 0 aliphatic carbocycles. The van der Waals surface area contributed by atoms with Gasteiger partial charge in [-0.1, -0.05) is 37.9 Å². The van der Waals surface area contributed by atoms with Gasteiger partial charge in [0.15, 0.2) is 0 Å². The highest BCUT2D eigenvalue weighted by Crippen LogP contribution is 2.30. The molecule has 0 saturated carbocycles. The van der Waals surface area contributed by atoms with E-state index in [1.54, 1.807) is 25.2 Å². The van der Waals surface area contributed by atoms with Crippen LogP contribution in [0.25, 0.3) is 0 Å². The molecule has 5 heteroatoms. The zero-order chi connectivity index (χ0) is 14.7. The van der Waals surface area contributed by atoms with Crippen LogP contribution in [0.5, 0.6) is 0 Å². The lowest BCUT2D eigenvalue weighted by atomic mass is 9.98. The van der Waals surface area contributed by atoms with Crippen molar-refractivity contribution in [3.8, 4) is 0 Å². The highest BCUT2D eigenvalue weighted by Gasteiger charge is 2.19. The van der Waals surface area contributed by atoms with Crippen LogP contribution in [-0.4, -0.2) is 7.05 Å². The third-order valence-electron chi connectivity index (χ3n) is 3.13. The van der Waals surface area contributed by atoms with Gasteiger partial charge in [-0.25, -0.2) is 8.78 Å². The third-order valence-corrected chi connectivity index (χ3v) is 4.59. The second kappa shape index (κ2) is 6.78. The minimum atomic E-state index is -0.300. The molecule has 0 fully saturated rings. The summed E-state index contributed by atoms with van der Waals surface area (Å²) in [6.45, 7) is 0. The summed E-state index contributed by atoms with van der Waals surface area (Å²) in [6.07, 6.45) is 0.481. The topological polar surface area (TPSA) is 12.0 Å². The summed E-state index contributed by atoms with van der Waals surface area (Å²) in [7, 11) is 1.76. The standard InChI is InChI=1S/C15H13Br2F2N/c1-20-14(15-12(17)3-2-4-13(15)19)8-9-7-10(18)5-6-11(9)16/h2-7,14,20H,8H2,1H3. The van der Waals surface area contributed by atoms with Crippen LogP contribution in [0.3, 0.4) is 0 Å². The van der Waals surface area contributed by atoms with E-state index in [1.165, 1.54) is 18.2 Å². The molecule has 1 atom stereocenters. The first kappa shape index (κ1) is 15.6. The molecule has 0 aliphatic rings. The first-order valence-electron chi connectivity index (χ1n) is 6.08. The van der Waals surface area contributed by atoms with Crippen LogP contribution in [0.15, 0.2) is 45.3 Å². The maximum absolute atomic E-state index is 14.0. The fourth-order valence-electron chi connectivity index (χ4n) is 2.11. The van der Waals surface area contributed by atoms with Crippen LogP contribution in [-0.2, 0) is 6.42 Å². The van der Waals surface area contributed by atoms with Crippen molar-refractivity contribution < 1.29 is 8.78 Å². The molecule has 0 aromatic heterocycles.